The molecule has 0 unspecified atom stereocenters. The van der Waals surface area contributed by atoms with Gasteiger partial charge in [0.2, 0.25) is 0 Å². The van der Waals surface area contributed by atoms with E-state index in [9.17, 15) is 13.6 Å². The van der Waals surface area contributed by atoms with Crippen LogP contribution in [0, 0.1) is 11.3 Å². The van der Waals surface area contributed by atoms with Crippen LogP contribution in [-0.4, -0.2) is 57.3 Å². The van der Waals surface area contributed by atoms with Gasteiger partial charge in [-0.1, -0.05) is 0 Å². The minimum Gasteiger partial charge on any atom is -0.490 e. The Labute approximate surface area is 153 Å². The molecule has 6 nitrogen and oxygen atoms in total. The highest BCUT2D eigenvalue weighted by Gasteiger charge is 2.20. The Morgan fingerprint density at radius 1 is 1.40 bits per heavy atom. The Hall–Kier alpha value is -1.92. The molecule has 0 fully saturated rings. The largest absolute Gasteiger partial charge is 0.490 e. The van der Waals surface area contributed by atoms with E-state index in [1.54, 1.807) is 6.92 Å². The van der Waals surface area contributed by atoms with Crippen molar-refractivity contribution >= 4 is 21.8 Å². The zero-order chi connectivity index (χ0) is 18.8. The smallest absolute Gasteiger partial charge is 0.260 e. The predicted octanol–water partition coefficient (Wildman–Crippen LogP) is 2.84. The quantitative estimate of drug-likeness (QED) is 0.581. The summed E-state index contributed by atoms with van der Waals surface area (Å²) in [6, 6.07) is 4.98. The van der Waals surface area contributed by atoms with Gasteiger partial charge >= 0.3 is 0 Å². The van der Waals surface area contributed by atoms with Crippen LogP contribution >= 0.6 is 15.9 Å². The molecule has 0 bridgehead atoms. The lowest BCUT2D eigenvalue weighted by Gasteiger charge is -2.22. The summed E-state index contributed by atoms with van der Waals surface area (Å²) in [6.07, 6.45) is -2.65. The van der Waals surface area contributed by atoms with Crippen molar-refractivity contribution in [2.45, 2.75) is 13.3 Å². The third-order valence-corrected chi connectivity index (χ3v) is 3.64. The molecule has 0 radical (unpaired) electrons. The first-order valence-electron chi connectivity index (χ1n) is 7.47. The van der Waals surface area contributed by atoms with Crippen molar-refractivity contribution in [3.05, 3.63) is 22.2 Å². The van der Waals surface area contributed by atoms with E-state index in [-0.39, 0.29) is 18.9 Å². The monoisotopic (exact) mass is 420 g/mol. The van der Waals surface area contributed by atoms with E-state index in [1.807, 2.05) is 6.07 Å². The van der Waals surface area contributed by atoms with Gasteiger partial charge in [0.15, 0.2) is 18.1 Å². The van der Waals surface area contributed by atoms with Gasteiger partial charge in [-0.25, -0.2) is 8.78 Å². The van der Waals surface area contributed by atoms with Crippen LogP contribution in [0.15, 0.2) is 16.6 Å². The second-order valence-corrected chi connectivity index (χ2v) is 5.70. The van der Waals surface area contributed by atoms with E-state index in [1.165, 1.54) is 19.2 Å². The topological polar surface area (TPSA) is 71.8 Å². The molecule has 0 saturated carbocycles. The fraction of sp³-hybridized carbons (Fsp3) is 0.500. The van der Waals surface area contributed by atoms with Gasteiger partial charge in [0.05, 0.1) is 35.9 Å². The van der Waals surface area contributed by atoms with Crippen molar-refractivity contribution < 1.29 is 27.8 Å². The average molecular weight is 421 g/mol. The van der Waals surface area contributed by atoms with E-state index in [4.69, 9.17) is 19.5 Å². The van der Waals surface area contributed by atoms with Crippen LogP contribution in [0.5, 0.6) is 11.5 Å². The number of hydrogen-bond acceptors (Lipinski definition) is 5. The van der Waals surface area contributed by atoms with E-state index < -0.39 is 25.5 Å². The molecule has 0 saturated heterocycles. The number of benzene rings is 1. The van der Waals surface area contributed by atoms with Crippen LogP contribution in [0.4, 0.5) is 8.78 Å². The number of nitrogens with zero attached hydrogens (tertiary/aromatic N) is 2. The Balaban J connectivity index is 2.87. The van der Waals surface area contributed by atoms with Crippen LogP contribution in [0.2, 0.25) is 0 Å². The number of amides is 1. The first-order chi connectivity index (χ1) is 11.9. The Morgan fingerprint density at radius 2 is 2.12 bits per heavy atom. The molecule has 1 rings (SSSR count). The van der Waals surface area contributed by atoms with Gasteiger partial charge in [0, 0.05) is 19.7 Å². The summed E-state index contributed by atoms with van der Waals surface area (Å²) in [7, 11) is 1.42. The number of hydrogen-bond donors (Lipinski definition) is 0. The fourth-order valence-corrected chi connectivity index (χ4v) is 2.50. The molecular formula is C16H19BrF2N2O4. The number of alkyl halides is 2. The highest BCUT2D eigenvalue weighted by molar-refractivity contribution is 9.10. The number of halogens is 3. The fourth-order valence-electron chi connectivity index (χ4n) is 1.95. The van der Waals surface area contributed by atoms with Crippen molar-refractivity contribution in [1.82, 2.24) is 4.90 Å². The van der Waals surface area contributed by atoms with Crippen LogP contribution in [0.25, 0.3) is 0 Å². The number of nitriles is 1. The third-order valence-electron chi connectivity index (χ3n) is 3.05. The average Bonchev–Trinajstić information content (AvgIpc) is 2.57. The molecule has 25 heavy (non-hydrogen) atoms. The first-order valence-corrected chi connectivity index (χ1v) is 8.26. The van der Waals surface area contributed by atoms with E-state index in [0.29, 0.717) is 22.4 Å². The highest BCUT2D eigenvalue weighted by atomic mass is 79.9. The van der Waals surface area contributed by atoms with Gasteiger partial charge in [-0.15, -0.1) is 0 Å². The van der Waals surface area contributed by atoms with E-state index in [2.05, 4.69) is 15.9 Å². The Bertz CT molecular complexity index is 623. The second-order valence-electron chi connectivity index (χ2n) is 4.84. The lowest BCUT2D eigenvalue weighted by atomic mass is 10.2. The number of methoxy groups -OCH3 is 1. The van der Waals surface area contributed by atoms with Gasteiger partial charge in [0.25, 0.3) is 12.3 Å². The molecule has 0 heterocycles. The molecule has 138 valence electrons. The van der Waals surface area contributed by atoms with Gasteiger partial charge in [-0.2, -0.15) is 5.26 Å². The van der Waals surface area contributed by atoms with Gasteiger partial charge in [-0.3, -0.25) is 4.79 Å². The number of carbonyl (C=O) groups is 1. The maximum atomic E-state index is 12.6. The molecule has 9 heteroatoms. The lowest BCUT2D eigenvalue weighted by Crippen LogP contribution is -2.40. The van der Waals surface area contributed by atoms with Crippen molar-refractivity contribution in [3.8, 4) is 17.6 Å². The normalized spacial score (nSPS) is 10.4. The molecule has 1 aromatic rings. The third kappa shape index (κ3) is 6.84. The minimum atomic E-state index is -2.65. The summed E-state index contributed by atoms with van der Waals surface area (Å²) in [5.74, 6) is -0.0764. The zero-order valence-electron chi connectivity index (χ0n) is 13.9. The summed E-state index contributed by atoms with van der Waals surface area (Å²) < 4.78 is 41.4. The van der Waals surface area contributed by atoms with Crippen LogP contribution in [-0.2, 0) is 9.53 Å². The molecule has 1 aromatic carbocycles. The lowest BCUT2D eigenvalue weighted by molar-refractivity contribution is -0.136. The molecule has 0 aliphatic carbocycles. The van der Waals surface area contributed by atoms with Crippen molar-refractivity contribution in [3.63, 3.8) is 0 Å². The summed E-state index contributed by atoms with van der Waals surface area (Å²) in [5, 5.41) is 8.99. The number of ether oxygens (including phenoxy) is 3. The molecule has 0 aliphatic heterocycles. The summed E-state index contributed by atoms with van der Waals surface area (Å²) >= 11 is 3.26. The van der Waals surface area contributed by atoms with Crippen LogP contribution < -0.4 is 9.47 Å². The van der Waals surface area contributed by atoms with E-state index >= 15 is 0 Å². The van der Waals surface area contributed by atoms with Crippen molar-refractivity contribution in [2.75, 3.05) is 40.0 Å². The summed E-state index contributed by atoms with van der Waals surface area (Å²) in [6.45, 7) is 1.13. The molecule has 1 amide bonds. The zero-order valence-corrected chi connectivity index (χ0v) is 15.5. The summed E-state index contributed by atoms with van der Waals surface area (Å²) in [4.78, 5) is 13.1. The SMILES string of the molecule is CCOc1cc(C#N)cc(Br)c1OCC(=O)N(CCOC)CC(F)F. The molecule has 0 atom stereocenters. The Kier molecular flexibility index (Phi) is 9.16. The predicted molar refractivity (Wildman–Crippen MR) is 90.0 cm³/mol. The summed E-state index contributed by atoms with van der Waals surface area (Å²) in [5.41, 5.74) is 0.355. The molecular weight excluding hydrogens is 402 g/mol. The van der Waals surface area contributed by atoms with Crippen molar-refractivity contribution in [2.24, 2.45) is 0 Å². The van der Waals surface area contributed by atoms with Crippen LogP contribution in [0.3, 0.4) is 0 Å². The van der Waals surface area contributed by atoms with E-state index in [0.717, 1.165) is 4.90 Å². The van der Waals surface area contributed by atoms with Crippen LogP contribution in [0.1, 0.15) is 12.5 Å². The van der Waals surface area contributed by atoms with Gasteiger partial charge < -0.3 is 19.1 Å². The van der Waals surface area contributed by atoms with Gasteiger partial charge in [0.1, 0.15) is 0 Å². The molecule has 0 N–H and O–H groups in total. The maximum absolute atomic E-state index is 12.6. The maximum Gasteiger partial charge on any atom is 0.260 e. The highest BCUT2D eigenvalue weighted by Crippen LogP contribution is 2.36. The number of carbonyl (C=O) groups excluding carboxylic acids is 1. The molecule has 0 spiro atoms. The van der Waals surface area contributed by atoms with Crippen molar-refractivity contribution in [1.29, 1.82) is 5.26 Å². The van der Waals surface area contributed by atoms with Gasteiger partial charge in [-0.05, 0) is 28.9 Å². The standard InChI is InChI=1S/C16H19BrF2N2O4/c1-3-24-13-7-11(8-20)6-12(17)16(13)25-10-15(22)21(4-5-23-2)9-14(18)19/h6-7,14H,3-5,9-10H2,1-2H3. The molecule has 0 aliphatic rings. The number of rotatable bonds is 10. The first kappa shape index (κ1) is 21.1. The second kappa shape index (κ2) is 10.8. The Morgan fingerprint density at radius 3 is 2.68 bits per heavy atom. The molecule has 0 aromatic heterocycles. The minimum absolute atomic E-state index is 0.0376.